The minimum absolute atomic E-state index is 0.219. The van der Waals surface area contributed by atoms with Crippen molar-refractivity contribution in [1.82, 2.24) is 19.6 Å². The summed E-state index contributed by atoms with van der Waals surface area (Å²) in [5.74, 6) is 1.37. The summed E-state index contributed by atoms with van der Waals surface area (Å²) < 4.78 is 1.76. The van der Waals surface area contributed by atoms with Crippen LogP contribution in [0.25, 0.3) is 27.3 Å². The van der Waals surface area contributed by atoms with Crippen molar-refractivity contribution in [3.8, 4) is 17.1 Å². The van der Waals surface area contributed by atoms with Gasteiger partial charge in [-0.25, -0.2) is 14.5 Å². The predicted molar refractivity (Wildman–Crippen MR) is 94.6 cm³/mol. The van der Waals surface area contributed by atoms with Gasteiger partial charge in [0.2, 0.25) is 0 Å². The molecule has 0 saturated heterocycles. The van der Waals surface area contributed by atoms with Gasteiger partial charge in [0.25, 0.3) is 0 Å². The van der Waals surface area contributed by atoms with Crippen LogP contribution in [0.15, 0.2) is 30.6 Å². The van der Waals surface area contributed by atoms with Crippen LogP contribution in [0.2, 0.25) is 0 Å². The number of nitrogens with zero attached hydrogens (tertiary/aromatic N) is 4. The standard InChI is InChI=1S/C18H16N4OS/c1-10-4-2-7-13-14(10)15-17-20-16(11-5-3-6-12(23)8-11)21-22(17)9-19-18(15)24-13/h3,5-6,8-10,23H,2,4,7H2,1H3. The Balaban J connectivity index is 1.80. The molecule has 1 aliphatic carbocycles. The van der Waals surface area contributed by atoms with E-state index in [1.807, 2.05) is 6.07 Å². The van der Waals surface area contributed by atoms with E-state index in [0.29, 0.717) is 11.7 Å². The molecule has 0 spiro atoms. The van der Waals surface area contributed by atoms with Crippen LogP contribution in [0.3, 0.4) is 0 Å². The van der Waals surface area contributed by atoms with Crippen LogP contribution < -0.4 is 0 Å². The summed E-state index contributed by atoms with van der Waals surface area (Å²) in [7, 11) is 0. The van der Waals surface area contributed by atoms with Crippen molar-refractivity contribution in [2.24, 2.45) is 0 Å². The molecule has 3 heterocycles. The van der Waals surface area contributed by atoms with Crippen molar-refractivity contribution in [1.29, 1.82) is 0 Å². The largest absolute Gasteiger partial charge is 0.508 e. The van der Waals surface area contributed by atoms with Crippen molar-refractivity contribution in [3.05, 3.63) is 41.0 Å². The van der Waals surface area contributed by atoms with Crippen molar-refractivity contribution < 1.29 is 5.11 Å². The van der Waals surface area contributed by atoms with E-state index in [0.717, 1.165) is 27.8 Å². The van der Waals surface area contributed by atoms with Gasteiger partial charge < -0.3 is 5.11 Å². The van der Waals surface area contributed by atoms with Crippen molar-refractivity contribution in [3.63, 3.8) is 0 Å². The fraction of sp³-hybridized carbons (Fsp3) is 0.278. The van der Waals surface area contributed by atoms with E-state index in [2.05, 4.69) is 17.0 Å². The molecule has 5 rings (SSSR count). The van der Waals surface area contributed by atoms with E-state index >= 15 is 0 Å². The Kier molecular flexibility index (Phi) is 2.91. The summed E-state index contributed by atoms with van der Waals surface area (Å²) in [5, 5.41) is 15.4. The number of fused-ring (bicyclic) bond motifs is 5. The van der Waals surface area contributed by atoms with Crippen molar-refractivity contribution >= 4 is 27.2 Å². The Morgan fingerprint density at radius 3 is 3.12 bits per heavy atom. The lowest BCUT2D eigenvalue weighted by atomic mass is 9.87. The Labute approximate surface area is 142 Å². The van der Waals surface area contributed by atoms with Gasteiger partial charge in [0.1, 0.15) is 16.9 Å². The quantitative estimate of drug-likeness (QED) is 0.567. The fourth-order valence-electron chi connectivity index (χ4n) is 3.65. The molecule has 6 heteroatoms. The van der Waals surface area contributed by atoms with Gasteiger partial charge >= 0.3 is 0 Å². The number of aromatic nitrogens is 4. The van der Waals surface area contributed by atoms with Crippen LogP contribution in [0.5, 0.6) is 5.75 Å². The van der Waals surface area contributed by atoms with E-state index in [1.54, 1.807) is 40.4 Å². The normalized spacial score (nSPS) is 17.5. The van der Waals surface area contributed by atoms with Crippen LogP contribution >= 0.6 is 11.3 Å². The minimum atomic E-state index is 0.219. The summed E-state index contributed by atoms with van der Waals surface area (Å²) in [6.07, 6.45) is 5.34. The second-order valence-electron chi connectivity index (χ2n) is 6.41. The Morgan fingerprint density at radius 2 is 2.25 bits per heavy atom. The first-order valence-electron chi connectivity index (χ1n) is 8.17. The maximum atomic E-state index is 9.71. The summed E-state index contributed by atoms with van der Waals surface area (Å²) in [5.41, 5.74) is 3.09. The van der Waals surface area contributed by atoms with E-state index in [-0.39, 0.29) is 5.75 Å². The number of thiophene rings is 1. The lowest BCUT2D eigenvalue weighted by Gasteiger charge is -2.18. The van der Waals surface area contributed by atoms with Crippen LogP contribution in [0, 0.1) is 0 Å². The summed E-state index contributed by atoms with van der Waals surface area (Å²) in [6.45, 7) is 2.29. The van der Waals surface area contributed by atoms with Gasteiger partial charge in [0, 0.05) is 10.4 Å². The summed E-state index contributed by atoms with van der Waals surface area (Å²) in [6, 6.07) is 7.05. The molecule has 0 radical (unpaired) electrons. The highest BCUT2D eigenvalue weighted by molar-refractivity contribution is 7.19. The number of benzene rings is 1. The van der Waals surface area contributed by atoms with E-state index in [9.17, 15) is 5.11 Å². The number of rotatable bonds is 1. The Bertz CT molecular complexity index is 1080. The van der Waals surface area contributed by atoms with Gasteiger partial charge in [0.15, 0.2) is 11.5 Å². The zero-order valence-electron chi connectivity index (χ0n) is 13.2. The number of hydrogen-bond acceptors (Lipinski definition) is 5. The zero-order chi connectivity index (χ0) is 16.3. The number of phenols is 1. The zero-order valence-corrected chi connectivity index (χ0v) is 14.0. The average molecular weight is 336 g/mol. The predicted octanol–water partition coefficient (Wildman–Crippen LogP) is 4.15. The minimum Gasteiger partial charge on any atom is -0.508 e. The molecule has 0 fully saturated rings. The highest BCUT2D eigenvalue weighted by atomic mass is 32.1. The van der Waals surface area contributed by atoms with Gasteiger partial charge in [-0.2, -0.15) is 0 Å². The molecule has 1 N–H and O–H groups in total. The first kappa shape index (κ1) is 13.9. The van der Waals surface area contributed by atoms with Crippen molar-refractivity contribution in [2.45, 2.75) is 32.1 Å². The molecule has 0 aliphatic heterocycles. The second-order valence-corrected chi connectivity index (χ2v) is 7.49. The third-order valence-electron chi connectivity index (χ3n) is 4.78. The molecule has 3 aromatic heterocycles. The molecule has 5 nitrogen and oxygen atoms in total. The first-order chi connectivity index (χ1) is 11.7. The molecule has 120 valence electrons. The topological polar surface area (TPSA) is 63.3 Å². The Morgan fingerprint density at radius 1 is 1.33 bits per heavy atom. The highest BCUT2D eigenvalue weighted by Crippen LogP contribution is 2.42. The number of hydrogen-bond donors (Lipinski definition) is 1. The molecule has 0 amide bonds. The van der Waals surface area contributed by atoms with Crippen LogP contribution in [-0.4, -0.2) is 24.7 Å². The van der Waals surface area contributed by atoms with E-state index in [1.165, 1.54) is 23.3 Å². The molecular formula is C18H16N4OS. The second kappa shape index (κ2) is 5.01. The molecule has 24 heavy (non-hydrogen) atoms. The molecule has 1 unspecified atom stereocenters. The average Bonchev–Trinajstić information content (AvgIpc) is 3.16. The lowest BCUT2D eigenvalue weighted by molar-refractivity contribution is 0.475. The number of aromatic hydroxyl groups is 1. The maximum Gasteiger partial charge on any atom is 0.182 e. The molecule has 0 saturated carbocycles. The van der Waals surface area contributed by atoms with Gasteiger partial charge in [-0.05, 0) is 42.9 Å². The molecular weight excluding hydrogens is 320 g/mol. The summed E-state index contributed by atoms with van der Waals surface area (Å²) >= 11 is 1.79. The summed E-state index contributed by atoms with van der Waals surface area (Å²) in [4.78, 5) is 11.9. The van der Waals surface area contributed by atoms with Gasteiger partial charge in [-0.3, -0.25) is 0 Å². The highest BCUT2D eigenvalue weighted by Gasteiger charge is 2.25. The molecule has 0 bridgehead atoms. The third kappa shape index (κ3) is 1.96. The lowest BCUT2D eigenvalue weighted by Crippen LogP contribution is -2.04. The SMILES string of the molecule is CC1CCCc2sc3ncn4nc(-c5cccc(O)c5)nc4c3c21. The smallest absolute Gasteiger partial charge is 0.182 e. The number of phenolic OH excluding ortho intramolecular Hbond substituents is 1. The van der Waals surface area contributed by atoms with Gasteiger partial charge in [0.05, 0.1) is 5.39 Å². The molecule has 1 atom stereocenters. The third-order valence-corrected chi connectivity index (χ3v) is 5.95. The fourth-order valence-corrected chi connectivity index (χ4v) is 4.95. The van der Waals surface area contributed by atoms with Crippen LogP contribution in [-0.2, 0) is 6.42 Å². The monoisotopic (exact) mass is 336 g/mol. The Hall–Kier alpha value is -2.47. The molecule has 1 aromatic carbocycles. The van der Waals surface area contributed by atoms with E-state index < -0.39 is 0 Å². The van der Waals surface area contributed by atoms with E-state index in [4.69, 9.17) is 4.98 Å². The molecule has 1 aliphatic rings. The van der Waals surface area contributed by atoms with Crippen molar-refractivity contribution in [2.75, 3.05) is 0 Å². The van der Waals surface area contributed by atoms with Crippen LogP contribution in [0.4, 0.5) is 0 Å². The van der Waals surface area contributed by atoms with Crippen LogP contribution in [0.1, 0.15) is 36.1 Å². The first-order valence-corrected chi connectivity index (χ1v) is 8.98. The molecule has 4 aromatic rings. The van der Waals surface area contributed by atoms with Gasteiger partial charge in [-0.15, -0.1) is 16.4 Å². The van der Waals surface area contributed by atoms with Gasteiger partial charge in [-0.1, -0.05) is 19.1 Å². The maximum absolute atomic E-state index is 9.71. The number of aryl methyl sites for hydroxylation is 1.